The van der Waals surface area contributed by atoms with E-state index >= 15 is 0 Å². The van der Waals surface area contributed by atoms with Gasteiger partial charge in [0, 0.05) is 4.75 Å². The van der Waals surface area contributed by atoms with Crippen LogP contribution >= 0.6 is 11.8 Å². The number of hydrogen-bond acceptors (Lipinski definition) is 5. The number of carbonyl (C=O) groups is 3. The second-order valence-electron chi connectivity index (χ2n) is 8.73. The van der Waals surface area contributed by atoms with E-state index in [1.54, 1.807) is 16.7 Å². The molecule has 0 radical (unpaired) electrons. The van der Waals surface area contributed by atoms with Crippen molar-refractivity contribution in [2.45, 2.75) is 60.9 Å². The lowest BCUT2D eigenvalue weighted by atomic mass is 9.91. The van der Waals surface area contributed by atoms with E-state index in [4.69, 9.17) is 4.74 Å². The number of nitrogens with one attached hydrogen (secondary N) is 1. The molecule has 7 heteroatoms. The molecule has 0 aromatic heterocycles. The third-order valence-electron chi connectivity index (χ3n) is 6.63. The van der Waals surface area contributed by atoms with Crippen LogP contribution < -0.4 is 5.32 Å². The van der Waals surface area contributed by atoms with Crippen molar-refractivity contribution in [2.24, 2.45) is 0 Å². The monoisotopic (exact) mass is 450 g/mol. The Labute approximate surface area is 191 Å². The standard InChI is InChI=1S/C25H26N2O4S/c28-19(15-17-9-3-1-4-10-17)26-20-22(29)27-21(25(32-23(20)27)13-7-8-14-25)24(30)31-16-18-11-5-2-6-12-18/h1-6,9-12,20-21,23H,7-8,13-16H2,(H,26,28)/t20?,21?,23-/m0/s1. The van der Waals surface area contributed by atoms with Crippen molar-refractivity contribution >= 4 is 29.5 Å². The molecule has 1 aliphatic carbocycles. The Morgan fingerprint density at radius 2 is 1.62 bits per heavy atom. The maximum atomic E-state index is 13.2. The summed E-state index contributed by atoms with van der Waals surface area (Å²) in [6, 6.07) is 17.9. The average Bonchev–Trinajstić information content (AvgIpc) is 3.40. The Kier molecular flexibility index (Phi) is 5.67. The summed E-state index contributed by atoms with van der Waals surface area (Å²) in [6.45, 7) is 0.195. The Balaban J connectivity index is 1.28. The second-order valence-corrected chi connectivity index (χ2v) is 10.3. The van der Waals surface area contributed by atoms with Crippen LogP contribution in [0.15, 0.2) is 60.7 Å². The lowest BCUT2D eigenvalue weighted by molar-refractivity contribution is -0.165. The summed E-state index contributed by atoms with van der Waals surface area (Å²) in [5, 5.41) is 2.69. The first-order valence-electron chi connectivity index (χ1n) is 11.1. The first kappa shape index (κ1) is 21.1. The summed E-state index contributed by atoms with van der Waals surface area (Å²) in [6.07, 6.45) is 4.07. The Bertz CT molecular complexity index is 1010. The van der Waals surface area contributed by atoms with E-state index in [-0.39, 0.29) is 40.9 Å². The summed E-state index contributed by atoms with van der Waals surface area (Å²) < 4.78 is 5.35. The van der Waals surface area contributed by atoms with Gasteiger partial charge in [-0.3, -0.25) is 9.59 Å². The fraction of sp³-hybridized carbons (Fsp3) is 0.400. The maximum absolute atomic E-state index is 13.2. The van der Waals surface area contributed by atoms with Gasteiger partial charge in [-0.1, -0.05) is 73.5 Å². The van der Waals surface area contributed by atoms with E-state index in [9.17, 15) is 14.4 Å². The van der Waals surface area contributed by atoms with Crippen LogP contribution in [-0.4, -0.2) is 44.9 Å². The highest BCUT2D eigenvalue weighted by atomic mass is 32.2. The fourth-order valence-corrected chi connectivity index (χ4v) is 7.09. The van der Waals surface area contributed by atoms with Crippen LogP contribution in [0, 0.1) is 0 Å². The fourth-order valence-electron chi connectivity index (χ4n) is 5.08. The molecular formula is C25H26N2O4S. The van der Waals surface area contributed by atoms with E-state index in [0.717, 1.165) is 36.8 Å². The molecule has 2 aliphatic heterocycles. The van der Waals surface area contributed by atoms with Crippen LogP contribution in [0.1, 0.15) is 36.8 Å². The molecule has 3 atom stereocenters. The molecule has 2 heterocycles. The van der Waals surface area contributed by atoms with Gasteiger partial charge in [-0.25, -0.2) is 4.79 Å². The summed E-state index contributed by atoms with van der Waals surface area (Å²) >= 11 is 1.68. The van der Waals surface area contributed by atoms with Crippen LogP contribution in [-0.2, 0) is 32.1 Å². The van der Waals surface area contributed by atoms with E-state index in [0.29, 0.717) is 0 Å². The third kappa shape index (κ3) is 3.79. The number of carbonyl (C=O) groups excluding carboxylic acids is 3. The molecular weight excluding hydrogens is 424 g/mol. The van der Waals surface area contributed by atoms with E-state index in [1.807, 2.05) is 60.7 Å². The van der Waals surface area contributed by atoms with Gasteiger partial charge < -0.3 is 15.0 Å². The number of ether oxygens (including phenoxy) is 1. The molecule has 5 rings (SSSR count). The lowest BCUT2D eigenvalue weighted by Crippen LogP contribution is -2.71. The van der Waals surface area contributed by atoms with Gasteiger partial charge in [0.25, 0.3) is 0 Å². The van der Waals surface area contributed by atoms with Gasteiger partial charge in [0.05, 0.1) is 6.42 Å². The number of benzene rings is 2. The van der Waals surface area contributed by atoms with Gasteiger partial charge in [-0.05, 0) is 24.0 Å². The molecule has 166 valence electrons. The number of nitrogens with zero attached hydrogens (tertiary/aromatic N) is 1. The Morgan fingerprint density at radius 3 is 2.28 bits per heavy atom. The molecule has 1 saturated carbocycles. The van der Waals surface area contributed by atoms with Crippen LogP contribution in [0.25, 0.3) is 0 Å². The molecule has 3 aliphatic rings. The van der Waals surface area contributed by atoms with Crippen molar-refractivity contribution < 1.29 is 19.1 Å². The number of amides is 2. The zero-order chi connectivity index (χ0) is 22.1. The van der Waals surface area contributed by atoms with Crippen molar-refractivity contribution in [3.8, 4) is 0 Å². The lowest BCUT2D eigenvalue weighted by Gasteiger charge is -2.44. The highest BCUT2D eigenvalue weighted by Gasteiger charge is 2.67. The Hall–Kier alpha value is -2.80. The minimum atomic E-state index is -0.585. The molecule has 3 fully saturated rings. The molecule has 2 saturated heterocycles. The van der Waals surface area contributed by atoms with Gasteiger partial charge in [-0.15, -0.1) is 11.8 Å². The summed E-state index contributed by atoms with van der Waals surface area (Å²) in [5.74, 6) is -0.701. The van der Waals surface area contributed by atoms with Gasteiger partial charge in [-0.2, -0.15) is 0 Å². The summed E-state index contributed by atoms with van der Waals surface area (Å²) in [4.78, 5) is 40.4. The van der Waals surface area contributed by atoms with Crippen LogP contribution in [0.4, 0.5) is 0 Å². The van der Waals surface area contributed by atoms with Crippen molar-refractivity contribution in [3.63, 3.8) is 0 Å². The van der Waals surface area contributed by atoms with E-state index < -0.39 is 12.1 Å². The molecule has 2 aromatic rings. The number of β-lactam (4-membered cyclic amide) rings is 1. The van der Waals surface area contributed by atoms with Crippen molar-refractivity contribution in [1.29, 1.82) is 0 Å². The van der Waals surface area contributed by atoms with Crippen molar-refractivity contribution in [1.82, 2.24) is 10.2 Å². The summed E-state index contributed by atoms with van der Waals surface area (Å²) in [7, 11) is 0. The topological polar surface area (TPSA) is 75.7 Å². The minimum Gasteiger partial charge on any atom is -0.459 e. The van der Waals surface area contributed by atoms with Crippen molar-refractivity contribution in [2.75, 3.05) is 0 Å². The number of esters is 1. The smallest absolute Gasteiger partial charge is 0.330 e. The zero-order valence-electron chi connectivity index (χ0n) is 17.7. The number of fused-ring (bicyclic) bond motifs is 1. The number of hydrogen-bond donors (Lipinski definition) is 1. The molecule has 2 unspecified atom stereocenters. The highest BCUT2D eigenvalue weighted by Crippen LogP contribution is 2.58. The minimum absolute atomic E-state index is 0.176. The largest absolute Gasteiger partial charge is 0.459 e. The third-order valence-corrected chi connectivity index (χ3v) is 8.47. The van der Waals surface area contributed by atoms with E-state index in [2.05, 4.69) is 5.32 Å². The molecule has 2 amide bonds. The van der Waals surface area contributed by atoms with Crippen LogP contribution in [0.3, 0.4) is 0 Å². The first-order chi connectivity index (χ1) is 15.6. The second kappa shape index (κ2) is 8.62. The summed E-state index contributed by atoms with van der Waals surface area (Å²) in [5.41, 5.74) is 1.83. The molecule has 0 bridgehead atoms. The van der Waals surface area contributed by atoms with Crippen LogP contribution in [0.5, 0.6) is 0 Å². The van der Waals surface area contributed by atoms with E-state index in [1.165, 1.54) is 0 Å². The normalized spacial score (nSPS) is 25.3. The zero-order valence-corrected chi connectivity index (χ0v) is 18.6. The maximum Gasteiger partial charge on any atom is 0.330 e. The molecule has 1 N–H and O–H groups in total. The predicted molar refractivity (Wildman–Crippen MR) is 122 cm³/mol. The number of rotatable bonds is 6. The van der Waals surface area contributed by atoms with Gasteiger partial charge in [0.1, 0.15) is 24.1 Å². The molecule has 32 heavy (non-hydrogen) atoms. The average molecular weight is 451 g/mol. The molecule has 6 nitrogen and oxygen atoms in total. The SMILES string of the molecule is O=C(Cc1ccccc1)NC1C(=O)N2C(C(=O)OCc3ccccc3)C3(CCCC3)S[C@@H]12. The molecule has 1 spiro atoms. The van der Waals surface area contributed by atoms with Gasteiger partial charge in [0.2, 0.25) is 11.8 Å². The first-order valence-corrected chi connectivity index (χ1v) is 12.0. The Morgan fingerprint density at radius 1 is 1.00 bits per heavy atom. The predicted octanol–water partition coefficient (Wildman–Crippen LogP) is 3.05. The van der Waals surface area contributed by atoms with Crippen molar-refractivity contribution in [3.05, 3.63) is 71.8 Å². The number of thioether (sulfide) groups is 1. The highest BCUT2D eigenvalue weighted by molar-refractivity contribution is 8.01. The van der Waals surface area contributed by atoms with Gasteiger partial charge >= 0.3 is 5.97 Å². The van der Waals surface area contributed by atoms with Crippen LogP contribution in [0.2, 0.25) is 0 Å². The molecule has 2 aromatic carbocycles. The van der Waals surface area contributed by atoms with Gasteiger partial charge in [0.15, 0.2) is 0 Å². The quantitative estimate of drug-likeness (QED) is 0.541.